The zero-order valence-corrected chi connectivity index (χ0v) is 14.8. The van der Waals surface area contributed by atoms with Gasteiger partial charge in [0.2, 0.25) is 0 Å². The van der Waals surface area contributed by atoms with Crippen molar-refractivity contribution in [3.8, 4) is 0 Å². The van der Waals surface area contributed by atoms with Gasteiger partial charge in [0, 0.05) is 22.3 Å². The average molecular weight is 490 g/mol. The molecule has 180 valence electrons. The van der Waals surface area contributed by atoms with E-state index >= 15 is 0 Å². The van der Waals surface area contributed by atoms with Gasteiger partial charge in [0.1, 0.15) is 0 Å². The first-order chi connectivity index (χ1) is 13.2. The minimum atomic E-state index is -6.84. The van der Waals surface area contributed by atoms with E-state index in [9.17, 15) is 71.0 Å². The summed E-state index contributed by atoms with van der Waals surface area (Å²) in [5, 5.41) is 9.75. The first-order valence-electron chi connectivity index (χ1n) is 7.46. The van der Waals surface area contributed by atoms with Gasteiger partial charge in [-0.15, -0.1) is 0 Å². The van der Waals surface area contributed by atoms with Crippen molar-refractivity contribution in [3.05, 3.63) is 34.4 Å². The molecule has 0 saturated carbocycles. The Morgan fingerprint density at radius 1 is 0.516 bits per heavy atom. The second-order valence-corrected chi connectivity index (χ2v) is 6.72. The topological polar surface area (TPSA) is 20.2 Å². The normalized spacial score (nSPS) is 15.4. The molecule has 0 saturated heterocycles. The summed E-state index contributed by atoms with van der Waals surface area (Å²) in [6.45, 7) is 0.297. The second kappa shape index (κ2) is 7.07. The summed E-state index contributed by atoms with van der Waals surface area (Å²) in [6, 6.07) is -2.44. The van der Waals surface area contributed by atoms with Crippen LogP contribution in [0.5, 0.6) is 0 Å². The van der Waals surface area contributed by atoms with Crippen molar-refractivity contribution >= 4 is 0 Å². The smallest absolute Gasteiger partial charge is 0.386 e. The lowest BCUT2D eigenvalue weighted by molar-refractivity contribution is -0.296. The van der Waals surface area contributed by atoms with Crippen LogP contribution in [0.15, 0.2) is 12.1 Å². The van der Waals surface area contributed by atoms with Gasteiger partial charge in [0.25, 0.3) is 0 Å². The summed E-state index contributed by atoms with van der Waals surface area (Å²) in [7, 11) is 0. The standard InChI is InChI=1S/C15H9F15O/c1-9(2,31)8-6(11(18,19)14(25,26)27)3-5(10(16,17)13(22,23)24)4-7(8)12(20,21)15(28,29)30/h3-4,31H,1-2H3. The van der Waals surface area contributed by atoms with E-state index in [4.69, 9.17) is 0 Å². The number of benzene rings is 1. The lowest BCUT2D eigenvalue weighted by atomic mass is 9.81. The lowest BCUT2D eigenvalue weighted by Gasteiger charge is -2.34. The molecule has 16 heteroatoms. The Bertz CT molecular complexity index is 774. The molecule has 1 aromatic carbocycles. The summed E-state index contributed by atoms with van der Waals surface area (Å²) in [6.07, 6.45) is -20.5. The van der Waals surface area contributed by atoms with Crippen molar-refractivity contribution in [1.82, 2.24) is 0 Å². The first kappa shape index (κ1) is 27.2. The fraction of sp³-hybridized carbons (Fsp3) is 0.600. The number of halogens is 15. The van der Waals surface area contributed by atoms with Crippen molar-refractivity contribution in [2.45, 2.75) is 55.7 Å². The molecule has 0 atom stereocenters. The van der Waals surface area contributed by atoms with Gasteiger partial charge in [-0.2, -0.15) is 65.9 Å². The van der Waals surface area contributed by atoms with Gasteiger partial charge in [-0.3, -0.25) is 0 Å². The van der Waals surface area contributed by atoms with Crippen LogP contribution >= 0.6 is 0 Å². The molecule has 1 N–H and O–H groups in total. The summed E-state index contributed by atoms with van der Waals surface area (Å²) < 4.78 is 197. The molecule has 0 amide bonds. The fourth-order valence-electron chi connectivity index (χ4n) is 2.45. The molecular weight excluding hydrogens is 481 g/mol. The van der Waals surface area contributed by atoms with Crippen LogP contribution in [-0.2, 0) is 23.4 Å². The van der Waals surface area contributed by atoms with E-state index in [-0.39, 0.29) is 13.8 Å². The van der Waals surface area contributed by atoms with Crippen molar-refractivity contribution in [3.63, 3.8) is 0 Å². The van der Waals surface area contributed by atoms with Crippen LogP contribution in [0.2, 0.25) is 0 Å². The highest BCUT2D eigenvalue weighted by Gasteiger charge is 2.66. The largest absolute Gasteiger partial charge is 0.458 e. The number of alkyl halides is 15. The van der Waals surface area contributed by atoms with Gasteiger partial charge in [-0.25, -0.2) is 0 Å². The Morgan fingerprint density at radius 2 is 0.774 bits per heavy atom. The average Bonchev–Trinajstić information content (AvgIpc) is 2.49. The minimum Gasteiger partial charge on any atom is -0.386 e. The van der Waals surface area contributed by atoms with Gasteiger partial charge in [-0.1, -0.05) is 0 Å². The number of hydrogen-bond acceptors (Lipinski definition) is 1. The maximum Gasteiger partial charge on any atom is 0.458 e. The van der Waals surface area contributed by atoms with Crippen LogP contribution in [0, 0.1) is 0 Å². The Hall–Kier alpha value is -1.87. The zero-order chi connectivity index (χ0) is 25.2. The molecular formula is C15H9F15O. The minimum absolute atomic E-state index is 0.149. The highest BCUT2D eigenvalue weighted by atomic mass is 19.4. The molecule has 31 heavy (non-hydrogen) atoms. The maximum absolute atomic E-state index is 13.9. The van der Waals surface area contributed by atoms with Crippen LogP contribution in [-0.4, -0.2) is 23.6 Å². The monoisotopic (exact) mass is 490 g/mol. The molecule has 1 rings (SSSR count). The Labute approximate surface area is 162 Å². The number of rotatable bonds is 4. The number of hydrogen-bond donors (Lipinski definition) is 1. The van der Waals surface area contributed by atoms with Gasteiger partial charge >= 0.3 is 36.3 Å². The van der Waals surface area contributed by atoms with Crippen LogP contribution < -0.4 is 0 Å². The molecule has 0 aromatic heterocycles. The molecule has 0 radical (unpaired) electrons. The molecule has 0 bridgehead atoms. The molecule has 0 unspecified atom stereocenters. The molecule has 0 fully saturated rings. The van der Waals surface area contributed by atoms with Crippen LogP contribution in [0.1, 0.15) is 36.1 Å². The van der Waals surface area contributed by atoms with Gasteiger partial charge in [-0.05, 0) is 26.0 Å². The van der Waals surface area contributed by atoms with E-state index in [1.165, 1.54) is 0 Å². The van der Waals surface area contributed by atoms with E-state index in [2.05, 4.69) is 0 Å². The van der Waals surface area contributed by atoms with Gasteiger partial charge < -0.3 is 5.11 Å². The molecule has 0 aliphatic heterocycles. The van der Waals surface area contributed by atoms with Crippen molar-refractivity contribution in [1.29, 1.82) is 0 Å². The molecule has 1 aromatic rings. The third kappa shape index (κ3) is 4.53. The van der Waals surface area contributed by atoms with E-state index < -0.39 is 76.3 Å². The van der Waals surface area contributed by atoms with E-state index in [1.807, 2.05) is 0 Å². The van der Waals surface area contributed by atoms with E-state index in [0.717, 1.165) is 0 Å². The van der Waals surface area contributed by atoms with Crippen molar-refractivity contribution < 1.29 is 71.0 Å². The highest BCUT2D eigenvalue weighted by molar-refractivity contribution is 5.49. The molecule has 0 aliphatic carbocycles. The summed E-state index contributed by atoms with van der Waals surface area (Å²) in [4.78, 5) is 0. The number of aliphatic hydroxyl groups is 1. The van der Waals surface area contributed by atoms with Crippen molar-refractivity contribution in [2.24, 2.45) is 0 Å². The Balaban J connectivity index is 4.37. The first-order valence-corrected chi connectivity index (χ1v) is 7.46. The predicted molar refractivity (Wildman–Crippen MR) is 71.5 cm³/mol. The molecule has 1 nitrogen and oxygen atoms in total. The fourth-order valence-corrected chi connectivity index (χ4v) is 2.45. The Kier molecular flexibility index (Phi) is 6.19. The van der Waals surface area contributed by atoms with Crippen molar-refractivity contribution in [2.75, 3.05) is 0 Å². The molecule has 0 spiro atoms. The SMILES string of the molecule is CC(C)(O)c1c(C(F)(F)C(F)(F)F)cc(C(F)(F)C(F)(F)F)cc1C(F)(F)C(F)(F)F. The van der Waals surface area contributed by atoms with E-state index in [1.54, 1.807) is 0 Å². The molecule has 0 heterocycles. The predicted octanol–water partition coefficient (Wildman–Crippen LogP) is 6.88. The van der Waals surface area contributed by atoms with Crippen LogP contribution in [0.4, 0.5) is 65.9 Å². The van der Waals surface area contributed by atoms with Gasteiger partial charge in [0.05, 0.1) is 5.60 Å². The lowest BCUT2D eigenvalue weighted by Crippen LogP contribution is -2.42. The second-order valence-electron chi connectivity index (χ2n) is 6.72. The summed E-state index contributed by atoms with van der Waals surface area (Å²) >= 11 is 0. The van der Waals surface area contributed by atoms with Crippen LogP contribution in [0.3, 0.4) is 0 Å². The maximum atomic E-state index is 13.9. The highest BCUT2D eigenvalue weighted by Crippen LogP contribution is 2.55. The van der Waals surface area contributed by atoms with Gasteiger partial charge in [0.15, 0.2) is 0 Å². The third-order valence-corrected chi connectivity index (χ3v) is 3.86. The quantitative estimate of drug-likeness (QED) is 0.457. The summed E-state index contributed by atoms with van der Waals surface area (Å²) in [5.41, 5.74) is -15.3. The van der Waals surface area contributed by atoms with E-state index in [0.29, 0.717) is 0 Å². The Morgan fingerprint density at radius 3 is 0.968 bits per heavy atom. The zero-order valence-electron chi connectivity index (χ0n) is 14.8. The van der Waals surface area contributed by atoms with Crippen LogP contribution in [0.25, 0.3) is 0 Å². The molecule has 0 aliphatic rings. The third-order valence-electron chi connectivity index (χ3n) is 3.86. The summed E-state index contributed by atoms with van der Waals surface area (Å²) in [5.74, 6) is -19.5.